The molecule has 1 atom stereocenters. The molecular weight excluding hydrogens is 404 g/mol. The Morgan fingerprint density at radius 1 is 1.19 bits per heavy atom. The van der Waals surface area contributed by atoms with Gasteiger partial charge < -0.3 is 24.5 Å². The summed E-state index contributed by atoms with van der Waals surface area (Å²) in [5.41, 5.74) is 9.05. The number of hydrogen-bond acceptors (Lipinski definition) is 6. The highest BCUT2D eigenvalue weighted by Gasteiger charge is 2.32. The average Bonchev–Trinajstić information content (AvgIpc) is 3.49. The van der Waals surface area contributed by atoms with E-state index in [1.807, 2.05) is 12.4 Å². The number of aromatic nitrogens is 2. The predicted octanol–water partition coefficient (Wildman–Crippen LogP) is 2.98. The Labute approximate surface area is 187 Å². The summed E-state index contributed by atoms with van der Waals surface area (Å²) in [6, 6.07) is 8.77. The van der Waals surface area contributed by atoms with Crippen LogP contribution in [0.25, 0.3) is 22.2 Å². The van der Waals surface area contributed by atoms with Gasteiger partial charge in [-0.25, -0.2) is 10.0 Å². The van der Waals surface area contributed by atoms with Gasteiger partial charge >= 0.3 is 0 Å². The van der Waals surface area contributed by atoms with Crippen LogP contribution in [-0.4, -0.2) is 72.2 Å². The minimum atomic E-state index is 0.182. The van der Waals surface area contributed by atoms with Crippen molar-refractivity contribution in [3.63, 3.8) is 0 Å². The third kappa shape index (κ3) is 3.31. The molecule has 5 heterocycles. The van der Waals surface area contributed by atoms with Crippen LogP contribution < -0.4 is 10.2 Å². The van der Waals surface area contributed by atoms with Crippen molar-refractivity contribution in [2.75, 3.05) is 46.5 Å². The Bertz CT molecular complexity index is 1220. The standard InChI is InChI=1S/C24H28N6O2/c1-28-15-20(21-12-19-23-16(14-26-29(23)2)13-25-24(19)27-21)18-11-17(3-4-22(18)28)32-10-7-30-5-8-31-9-6-30/h3-4,11-15,23,26-27H,5-10H2,1-2H3. The second-order valence-corrected chi connectivity index (χ2v) is 8.67. The summed E-state index contributed by atoms with van der Waals surface area (Å²) in [4.78, 5) is 10.6. The zero-order valence-electron chi connectivity index (χ0n) is 18.5. The van der Waals surface area contributed by atoms with Gasteiger partial charge in [0.25, 0.3) is 0 Å². The summed E-state index contributed by atoms with van der Waals surface area (Å²) in [6.07, 6.45) is 6.13. The van der Waals surface area contributed by atoms with E-state index >= 15 is 0 Å². The summed E-state index contributed by atoms with van der Waals surface area (Å²) >= 11 is 0. The third-order valence-corrected chi connectivity index (χ3v) is 6.63. The fourth-order valence-corrected chi connectivity index (χ4v) is 4.90. The first kappa shape index (κ1) is 19.6. The highest BCUT2D eigenvalue weighted by Crippen LogP contribution is 2.42. The minimum Gasteiger partial charge on any atom is -0.492 e. The lowest BCUT2D eigenvalue weighted by molar-refractivity contribution is 0.0322. The van der Waals surface area contributed by atoms with E-state index in [1.54, 1.807) is 0 Å². The molecule has 1 aromatic carbocycles. The van der Waals surface area contributed by atoms with Crippen molar-refractivity contribution in [2.24, 2.45) is 12.0 Å². The number of morpholine rings is 1. The molecule has 1 fully saturated rings. The van der Waals surface area contributed by atoms with Gasteiger partial charge in [0.15, 0.2) is 0 Å². The molecule has 32 heavy (non-hydrogen) atoms. The molecule has 3 aliphatic heterocycles. The van der Waals surface area contributed by atoms with Crippen LogP contribution >= 0.6 is 0 Å². The predicted molar refractivity (Wildman–Crippen MR) is 125 cm³/mol. The van der Waals surface area contributed by atoms with Crippen molar-refractivity contribution >= 4 is 22.9 Å². The van der Waals surface area contributed by atoms with Crippen LogP contribution in [0.1, 0.15) is 11.6 Å². The zero-order valence-corrected chi connectivity index (χ0v) is 18.5. The number of hydrogen-bond donors (Lipinski definition) is 2. The van der Waals surface area contributed by atoms with Gasteiger partial charge in [0, 0.05) is 85.6 Å². The maximum atomic E-state index is 6.12. The van der Waals surface area contributed by atoms with Crippen LogP contribution in [0.3, 0.4) is 0 Å². The molecule has 2 aromatic heterocycles. The number of likely N-dealkylation sites (N-methyl/N-ethyl adjacent to an activating group) is 1. The molecule has 0 aliphatic carbocycles. The van der Waals surface area contributed by atoms with Crippen molar-refractivity contribution in [3.05, 3.63) is 47.8 Å². The van der Waals surface area contributed by atoms with Crippen molar-refractivity contribution < 1.29 is 9.47 Å². The molecule has 166 valence electrons. The number of fused-ring (bicyclic) bond motifs is 4. The van der Waals surface area contributed by atoms with Crippen molar-refractivity contribution in [3.8, 4) is 17.0 Å². The van der Waals surface area contributed by atoms with Gasteiger partial charge in [-0.05, 0) is 24.3 Å². The SMILES string of the molecule is CN1NC=C2C=Nc3[nH]c(-c4cn(C)c5ccc(OCCN6CCOCC6)cc45)cc3C21. The molecule has 3 aliphatic rings. The summed E-state index contributed by atoms with van der Waals surface area (Å²) < 4.78 is 13.7. The van der Waals surface area contributed by atoms with E-state index < -0.39 is 0 Å². The Morgan fingerprint density at radius 3 is 2.94 bits per heavy atom. The van der Waals surface area contributed by atoms with Crippen LogP contribution in [0, 0.1) is 0 Å². The summed E-state index contributed by atoms with van der Waals surface area (Å²) in [6.45, 7) is 5.18. The molecule has 0 radical (unpaired) electrons. The summed E-state index contributed by atoms with van der Waals surface area (Å²) in [7, 11) is 4.14. The highest BCUT2D eigenvalue weighted by molar-refractivity contribution is 5.97. The van der Waals surface area contributed by atoms with E-state index in [0.29, 0.717) is 6.61 Å². The van der Waals surface area contributed by atoms with Gasteiger partial charge in [0.05, 0.1) is 19.3 Å². The molecular formula is C24H28N6O2. The van der Waals surface area contributed by atoms with Gasteiger partial charge in [0.2, 0.25) is 0 Å². The molecule has 8 nitrogen and oxygen atoms in total. The number of ether oxygens (including phenoxy) is 2. The van der Waals surface area contributed by atoms with Crippen molar-refractivity contribution in [1.29, 1.82) is 0 Å². The molecule has 0 amide bonds. The molecule has 0 bridgehead atoms. The number of rotatable bonds is 5. The number of aromatic amines is 1. The number of aryl methyl sites for hydroxylation is 1. The monoisotopic (exact) mass is 432 g/mol. The molecule has 1 saturated heterocycles. The molecule has 2 N–H and O–H groups in total. The van der Waals surface area contributed by atoms with Crippen LogP contribution in [0.4, 0.5) is 5.82 Å². The Balaban J connectivity index is 1.28. The summed E-state index contributed by atoms with van der Waals surface area (Å²) in [5.74, 6) is 1.82. The molecule has 1 unspecified atom stereocenters. The van der Waals surface area contributed by atoms with Crippen molar-refractivity contribution in [2.45, 2.75) is 6.04 Å². The molecule has 6 rings (SSSR count). The Kier molecular flexibility index (Phi) is 4.78. The topological polar surface area (TPSA) is 70.0 Å². The maximum absolute atomic E-state index is 6.12. The molecule has 8 heteroatoms. The van der Waals surface area contributed by atoms with Gasteiger partial charge in [-0.3, -0.25) is 4.90 Å². The minimum absolute atomic E-state index is 0.182. The molecule has 0 saturated carbocycles. The number of aliphatic imine (C=N–C) groups is 1. The maximum Gasteiger partial charge on any atom is 0.135 e. The first-order valence-electron chi connectivity index (χ1n) is 11.2. The summed E-state index contributed by atoms with van der Waals surface area (Å²) in [5, 5.41) is 3.29. The lowest BCUT2D eigenvalue weighted by atomic mass is 10.00. The Morgan fingerprint density at radius 2 is 2.06 bits per heavy atom. The fourth-order valence-electron chi connectivity index (χ4n) is 4.90. The quantitative estimate of drug-likeness (QED) is 0.649. The van der Waals surface area contributed by atoms with Gasteiger partial charge in [-0.15, -0.1) is 0 Å². The lowest BCUT2D eigenvalue weighted by Gasteiger charge is -2.26. The second-order valence-electron chi connectivity index (χ2n) is 8.67. The van der Waals surface area contributed by atoms with Crippen LogP contribution in [-0.2, 0) is 11.8 Å². The number of hydrazine groups is 1. The Hall–Kier alpha value is -3.07. The molecule has 3 aromatic rings. The highest BCUT2D eigenvalue weighted by atomic mass is 16.5. The zero-order chi connectivity index (χ0) is 21.7. The average molecular weight is 433 g/mol. The van der Waals surface area contributed by atoms with E-state index in [1.165, 1.54) is 22.0 Å². The smallest absolute Gasteiger partial charge is 0.135 e. The molecule has 0 spiro atoms. The second kappa shape index (κ2) is 7.81. The van der Waals surface area contributed by atoms with E-state index in [-0.39, 0.29) is 6.04 Å². The largest absolute Gasteiger partial charge is 0.492 e. The van der Waals surface area contributed by atoms with Crippen LogP contribution in [0.2, 0.25) is 0 Å². The van der Waals surface area contributed by atoms with E-state index in [9.17, 15) is 0 Å². The van der Waals surface area contributed by atoms with Gasteiger partial charge in [-0.2, -0.15) is 0 Å². The van der Waals surface area contributed by atoms with E-state index in [4.69, 9.17) is 9.47 Å². The van der Waals surface area contributed by atoms with E-state index in [0.717, 1.165) is 55.7 Å². The van der Waals surface area contributed by atoms with E-state index in [2.05, 4.69) is 74.4 Å². The number of nitrogens with zero attached hydrogens (tertiary/aromatic N) is 4. The van der Waals surface area contributed by atoms with Crippen LogP contribution in [0.15, 0.2) is 47.2 Å². The normalized spacial score (nSPS) is 20.8. The number of nitrogens with one attached hydrogen (secondary N) is 2. The number of benzene rings is 1. The van der Waals surface area contributed by atoms with Gasteiger partial charge in [0.1, 0.15) is 18.2 Å². The first-order chi connectivity index (χ1) is 15.7. The van der Waals surface area contributed by atoms with Crippen molar-refractivity contribution in [1.82, 2.24) is 24.9 Å². The fraction of sp³-hybridized carbons (Fsp3) is 0.375. The van der Waals surface area contributed by atoms with Crippen LogP contribution in [0.5, 0.6) is 5.75 Å². The van der Waals surface area contributed by atoms with Gasteiger partial charge in [-0.1, -0.05) is 0 Å². The number of H-pyrrole nitrogens is 1. The third-order valence-electron chi connectivity index (χ3n) is 6.63. The lowest BCUT2D eigenvalue weighted by Crippen LogP contribution is -2.38. The first-order valence-corrected chi connectivity index (χ1v) is 11.2.